The van der Waals surface area contributed by atoms with Crippen molar-refractivity contribution in [2.75, 3.05) is 43.6 Å². The van der Waals surface area contributed by atoms with E-state index in [2.05, 4.69) is 21.4 Å². The molecular weight excluding hydrogens is 354 g/mol. The largest absolute Gasteiger partial charge is 0.383 e. The van der Waals surface area contributed by atoms with Crippen LogP contribution in [-0.2, 0) is 4.74 Å². The molecule has 1 N–H and O–H groups in total. The molecule has 1 saturated heterocycles. The van der Waals surface area contributed by atoms with Gasteiger partial charge in [0.2, 0.25) is 0 Å². The summed E-state index contributed by atoms with van der Waals surface area (Å²) >= 11 is 0. The van der Waals surface area contributed by atoms with Crippen LogP contribution >= 0.6 is 0 Å². The fourth-order valence-electron chi connectivity index (χ4n) is 4.35. The monoisotopic (exact) mass is 377 g/mol. The maximum atomic E-state index is 13.4. The summed E-state index contributed by atoms with van der Waals surface area (Å²) in [7, 11) is 1.67. The zero-order valence-electron chi connectivity index (χ0n) is 16.0. The van der Waals surface area contributed by atoms with Gasteiger partial charge in [0, 0.05) is 43.6 Å². The van der Waals surface area contributed by atoms with Gasteiger partial charge in [0.05, 0.1) is 23.2 Å². The molecule has 2 heterocycles. The maximum absolute atomic E-state index is 13.4. The standard InChI is InChI=1S/C22H23N3O3/c1-27-12-9-23-16-13-17(25-10-5-2-6-11-25)20-19-18(16)21(26)14-7-3-4-8-15(14)22(19)28-24-20/h3-4,7-8,13,23H,2,5-6,9-12H2,1H3. The molecule has 6 heteroatoms. The van der Waals surface area contributed by atoms with Crippen LogP contribution in [0.15, 0.2) is 34.9 Å². The van der Waals surface area contributed by atoms with Crippen molar-refractivity contribution in [2.45, 2.75) is 19.3 Å². The number of piperidine rings is 1. The molecule has 144 valence electrons. The summed E-state index contributed by atoms with van der Waals surface area (Å²) in [5, 5.41) is 8.65. The third kappa shape index (κ3) is 2.59. The topological polar surface area (TPSA) is 67.6 Å². The van der Waals surface area contributed by atoms with Crippen molar-refractivity contribution in [1.29, 1.82) is 0 Å². The number of carbonyl (C=O) groups excluding carboxylic acids is 1. The second kappa shape index (κ2) is 6.95. The van der Waals surface area contributed by atoms with Gasteiger partial charge in [-0.2, -0.15) is 0 Å². The number of anilines is 2. The molecule has 0 atom stereocenters. The zero-order valence-corrected chi connectivity index (χ0v) is 16.0. The Morgan fingerprint density at radius 3 is 2.75 bits per heavy atom. The molecule has 0 radical (unpaired) electrons. The van der Waals surface area contributed by atoms with Gasteiger partial charge in [0.15, 0.2) is 11.5 Å². The summed E-state index contributed by atoms with van der Waals surface area (Å²) in [5.41, 5.74) is 4.79. The minimum atomic E-state index is 0.0152. The SMILES string of the molecule is COCCNc1cc(N2CCCCC2)c2noc3c2c1C(=O)c1ccccc1-3. The molecule has 1 aliphatic carbocycles. The number of fused-ring (bicyclic) bond motifs is 2. The van der Waals surface area contributed by atoms with Crippen molar-refractivity contribution in [3.8, 4) is 11.3 Å². The van der Waals surface area contributed by atoms with Crippen molar-refractivity contribution in [1.82, 2.24) is 5.16 Å². The second-order valence-electron chi connectivity index (χ2n) is 7.40. The van der Waals surface area contributed by atoms with E-state index in [1.54, 1.807) is 7.11 Å². The highest BCUT2D eigenvalue weighted by Gasteiger charge is 2.33. The molecule has 1 fully saturated rings. The number of carbonyl (C=O) groups is 1. The van der Waals surface area contributed by atoms with Crippen molar-refractivity contribution in [3.05, 3.63) is 41.5 Å². The number of hydrogen-bond acceptors (Lipinski definition) is 6. The van der Waals surface area contributed by atoms with E-state index in [4.69, 9.17) is 9.26 Å². The predicted octanol–water partition coefficient (Wildman–Crippen LogP) is 4.09. The Morgan fingerprint density at radius 2 is 1.96 bits per heavy atom. The van der Waals surface area contributed by atoms with Crippen LogP contribution in [-0.4, -0.2) is 44.3 Å². The summed E-state index contributed by atoms with van der Waals surface area (Å²) in [5.74, 6) is 0.704. The molecule has 0 amide bonds. The minimum absolute atomic E-state index is 0.0152. The lowest BCUT2D eigenvalue weighted by molar-refractivity contribution is 0.104. The number of ketones is 1. The first kappa shape index (κ1) is 17.3. The minimum Gasteiger partial charge on any atom is -0.383 e. The molecule has 2 aliphatic rings. The third-order valence-corrected chi connectivity index (χ3v) is 5.70. The van der Waals surface area contributed by atoms with Gasteiger partial charge in [0.1, 0.15) is 5.52 Å². The van der Waals surface area contributed by atoms with Gasteiger partial charge >= 0.3 is 0 Å². The molecule has 0 spiro atoms. The molecule has 5 rings (SSSR count). The Morgan fingerprint density at radius 1 is 1.18 bits per heavy atom. The average Bonchev–Trinajstić information content (AvgIpc) is 3.18. The smallest absolute Gasteiger partial charge is 0.196 e. The first-order valence-corrected chi connectivity index (χ1v) is 9.88. The second-order valence-corrected chi connectivity index (χ2v) is 7.40. The molecule has 0 saturated carbocycles. The summed E-state index contributed by atoms with van der Waals surface area (Å²) in [6, 6.07) is 9.66. The highest BCUT2D eigenvalue weighted by atomic mass is 16.5. The number of rotatable bonds is 5. The molecule has 0 bridgehead atoms. The first-order valence-electron chi connectivity index (χ1n) is 9.88. The number of methoxy groups -OCH3 is 1. The fraction of sp³-hybridized carbons (Fsp3) is 0.364. The average molecular weight is 377 g/mol. The van der Waals surface area contributed by atoms with E-state index in [1.807, 2.05) is 24.3 Å². The third-order valence-electron chi connectivity index (χ3n) is 5.70. The van der Waals surface area contributed by atoms with Gasteiger partial charge in [-0.05, 0) is 25.3 Å². The lowest BCUT2D eigenvalue weighted by atomic mass is 9.86. The van der Waals surface area contributed by atoms with Crippen molar-refractivity contribution in [2.24, 2.45) is 0 Å². The molecule has 6 nitrogen and oxygen atoms in total. The number of hydrogen-bond donors (Lipinski definition) is 1. The van der Waals surface area contributed by atoms with E-state index in [1.165, 1.54) is 19.3 Å². The molecule has 2 aromatic carbocycles. The van der Waals surface area contributed by atoms with Gasteiger partial charge in [-0.1, -0.05) is 29.4 Å². The molecule has 1 aliphatic heterocycles. The van der Waals surface area contributed by atoms with Crippen LogP contribution in [0.2, 0.25) is 0 Å². The Balaban J connectivity index is 1.74. The van der Waals surface area contributed by atoms with Gasteiger partial charge in [-0.15, -0.1) is 0 Å². The molecule has 28 heavy (non-hydrogen) atoms. The Kier molecular flexibility index (Phi) is 4.28. The van der Waals surface area contributed by atoms with E-state index >= 15 is 0 Å². The fourth-order valence-corrected chi connectivity index (χ4v) is 4.35. The highest BCUT2D eigenvalue weighted by molar-refractivity contribution is 6.28. The van der Waals surface area contributed by atoms with Gasteiger partial charge < -0.3 is 19.5 Å². The number of benzene rings is 2. The number of aromatic nitrogens is 1. The number of ether oxygens (including phenoxy) is 1. The molecular formula is C22H23N3O3. The Bertz CT molecular complexity index is 1050. The van der Waals surface area contributed by atoms with Gasteiger partial charge in [-0.3, -0.25) is 4.79 Å². The van der Waals surface area contributed by atoms with Crippen molar-refractivity contribution < 1.29 is 14.1 Å². The van der Waals surface area contributed by atoms with Crippen LogP contribution in [0.5, 0.6) is 0 Å². The molecule has 1 aromatic heterocycles. The van der Waals surface area contributed by atoms with E-state index in [-0.39, 0.29) is 5.78 Å². The number of nitrogens with zero attached hydrogens (tertiary/aromatic N) is 2. The summed E-state index contributed by atoms with van der Waals surface area (Å²) in [6.07, 6.45) is 3.59. The van der Waals surface area contributed by atoms with Crippen LogP contribution in [0.25, 0.3) is 22.2 Å². The summed E-state index contributed by atoms with van der Waals surface area (Å²) < 4.78 is 11.0. The van der Waals surface area contributed by atoms with Gasteiger partial charge in [-0.25, -0.2) is 0 Å². The lowest BCUT2D eigenvalue weighted by Gasteiger charge is -2.30. The zero-order chi connectivity index (χ0) is 19.1. The maximum Gasteiger partial charge on any atom is 0.196 e. The van der Waals surface area contributed by atoms with Crippen molar-refractivity contribution >= 4 is 28.1 Å². The number of nitrogens with one attached hydrogen (secondary N) is 1. The Labute approximate surface area is 163 Å². The van der Waals surface area contributed by atoms with Crippen LogP contribution in [0.1, 0.15) is 35.2 Å². The molecule has 0 unspecified atom stereocenters. The van der Waals surface area contributed by atoms with Gasteiger partial charge in [0.25, 0.3) is 0 Å². The van der Waals surface area contributed by atoms with E-state index < -0.39 is 0 Å². The van der Waals surface area contributed by atoms with Crippen LogP contribution < -0.4 is 10.2 Å². The summed E-state index contributed by atoms with van der Waals surface area (Å²) in [6.45, 7) is 3.19. The summed E-state index contributed by atoms with van der Waals surface area (Å²) in [4.78, 5) is 15.7. The van der Waals surface area contributed by atoms with E-state index in [9.17, 15) is 4.79 Å². The van der Waals surface area contributed by atoms with Crippen LogP contribution in [0, 0.1) is 0 Å². The van der Waals surface area contributed by atoms with E-state index in [0.717, 1.165) is 40.9 Å². The lowest BCUT2D eigenvalue weighted by Crippen LogP contribution is -2.30. The van der Waals surface area contributed by atoms with E-state index in [0.29, 0.717) is 30.0 Å². The predicted molar refractivity (Wildman–Crippen MR) is 109 cm³/mol. The quantitative estimate of drug-likeness (QED) is 0.529. The van der Waals surface area contributed by atoms with Crippen molar-refractivity contribution in [3.63, 3.8) is 0 Å². The highest BCUT2D eigenvalue weighted by Crippen LogP contribution is 2.46. The molecule has 3 aromatic rings. The van der Waals surface area contributed by atoms with Crippen LogP contribution in [0.4, 0.5) is 11.4 Å². The first-order chi connectivity index (χ1) is 13.8. The van der Waals surface area contributed by atoms with Crippen LogP contribution in [0.3, 0.4) is 0 Å². The normalized spacial score (nSPS) is 15.8. The Hall–Kier alpha value is -2.86.